The Morgan fingerprint density at radius 2 is 1.62 bits per heavy atom. The summed E-state index contributed by atoms with van der Waals surface area (Å²) in [6, 6.07) is 0. The Morgan fingerprint density at radius 1 is 1.06 bits per heavy atom. The van der Waals surface area contributed by atoms with E-state index in [1.807, 2.05) is 26.8 Å². The number of fused-ring (bicyclic) bond motifs is 1. The molecule has 0 aliphatic carbocycles. The van der Waals surface area contributed by atoms with Crippen LogP contribution in [-0.4, -0.2) is 17.4 Å². The lowest BCUT2D eigenvalue weighted by atomic mass is 9.63. The Hall–Kier alpha value is -0.420. The van der Waals surface area contributed by atoms with Gasteiger partial charge in [0.1, 0.15) is 0 Å². The van der Waals surface area contributed by atoms with Gasteiger partial charge in [0.15, 0.2) is 5.79 Å². The van der Waals surface area contributed by atoms with Crippen molar-refractivity contribution in [2.75, 3.05) is 0 Å². The maximum Gasteiger partial charge on any atom is 0.213 e. The van der Waals surface area contributed by atoms with Crippen molar-refractivity contribution in [3.8, 4) is 0 Å². The maximum absolute atomic E-state index is 5.96. The average molecular weight is 226 g/mol. The molecule has 0 aromatic carbocycles. The molecule has 0 radical (unpaired) electrons. The first-order chi connectivity index (χ1) is 7.39. The highest BCUT2D eigenvalue weighted by molar-refractivity contribution is 5.12. The summed E-state index contributed by atoms with van der Waals surface area (Å²) in [6.07, 6.45) is 4.46. The molecule has 4 bridgehead atoms. The van der Waals surface area contributed by atoms with Crippen LogP contribution < -0.4 is 0 Å². The summed E-state index contributed by atoms with van der Waals surface area (Å²) < 4.78 is 11.9. The fraction of sp³-hybridized carbons (Fsp3) is 0.833. The first-order valence-electron chi connectivity index (χ1n) is 5.77. The zero-order chi connectivity index (χ0) is 11.7. The zero-order valence-corrected chi connectivity index (χ0v) is 10.0. The van der Waals surface area contributed by atoms with E-state index in [-0.39, 0.29) is 5.41 Å². The minimum atomic E-state index is -0.735. The molecule has 0 saturated carbocycles. The molecule has 4 aliphatic heterocycles. The molecule has 4 nitrogen and oxygen atoms in total. The van der Waals surface area contributed by atoms with Crippen molar-refractivity contribution in [1.29, 1.82) is 0 Å². The molecule has 90 valence electrons. The zero-order valence-electron chi connectivity index (χ0n) is 10.0. The van der Waals surface area contributed by atoms with E-state index in [0.717, 1.165) is 19.3 Å². The predicted octanol–water partition coefficient (Wildman–Crippen LogP) is 2.50. The average Bonchev–Trinajstić information content (AvgIpc) is 2.33. The quantitative estimate of drug-likeness (QED) is 0.535. The number of hydrogen-bond acceptors (Lipinski definition) is 4. The Morgan fingerprint density at radius 3 is 2.12 bits per heavy atom. The van der Waals surface area contributed by atoms with Crippen LogP contribution >= 0.6 is 0 Å². The first kappa shape index (κ1) is 10.7. The molecule has 4 heterocycles. The van der Waals surface area contributed by atoms with Crippen LogP contribution in [0.3, 0.4) is 0 Å². The Balaban J connectivity index is 2.13. The van der Waals surface area contributed by atoms with Crippen molar-refractivity contribution < 1.29 is 19.2 Å². The van der Waals surface area contributed by atoms with Gasteiger partial charge in [-0.05, 0) is 33.6 Å². The first-order valence-corrected chi connectivity index (χ1v) is 5.77. The second kappa shape index (κ2) is 2.70. The van der Waals surface area contributed by atoms with E-state index in [1.54, 1.807) is 0 Å². The van der Waals surface area contributed by atoms with Gasteiger partial charge < -0.3 is 9.47 Å². The smallest absolute Gasteiger partial charge is 0.213 e. The Bertz CT molecular complexity index is 333. The Labute approximate surface area is 95.4 Å². The number of rotatable bonds is 2. The van der Waals surface area contributed by atoms with E-state index in [1.165, 1.54) is 0 Å². The van der Waals surface area contributed by atoms with E-state index in [9.17, 15) is 0 Å². The third-order valence-electron chi connectivity index (χ3n) is 4.42. The van der Waals surface area contributed by atoms with E-state index >= 15 is 0 Å². The van der Waals surface area contributed by atoms with E-state index in [0.29, 0.717) is 0 Å². The molecule has 4 fully saturated rings. The topological polar surface area (TPSA) is 36.9 Å². The van der Waals surface area contributed by atoms with Crippen LogP contribution in [0.2, 0.25) is 0 Å². The van der Waals surface area contributed by atoms with Crippen LogP contribution in [0.25, 0.3) is 0 Å². The number of ether oxygens (including phenoxy) is 2. The van der Waals surface area contributed by atoms with Gasteiger partial charge in [0.05, 0.1) is 5.41 Å². The monoisotopic (exact) mass is 226 g/mol. The largest absolute Gasteiger partial charge is 0.315 e. The number of hydrogen-bond donors (Lipinski definition) is 0. The van der Waals surface area contributed by atoms with Crippen LogP contribution in [0, 0.1) is 5.41 Å². The van der Waals surface area contributed by atoms with Crippen LogP contribution in [0.4, 0.5) is 0 Å². The molecule has 0 aromatic heterocycles. The summed E-state index contributed by atoms with van der Waals surface area (Å²) in [6.45, 7) is 9.63. The van der Waals surface area contributed by atoms with Crippen molar-refractivity contribution >= 4 is 0 Å². The highest BCUT2D eigenvalue weighted by atomic mass is 17.3. The summed E-state index contributed by atoms with van der Waals surface area (Å²) in [7, 11) is 0. The van der Waals surface area contributed by atoms with Crippen LogP contribution in [0.15, 0.2) is 12.7 Å². The molecule has 4 heteroatoms. The molecule has 0 amide bonds. The molecule has 0 N–H and O–H groups in total. The molecule has 2 unspecified atom stereocenters. The highest BCUT2D eigenvalue weighted by Crippen LogP contribution is 2.67. The van der Waals surface area contributed by atoms with Gasteiger partial charge in [0.2, 0.25) is 11.6 Å². The third kappa shape index (κ3) is 0.949. The van der Waals surface area contributed by atoms with Gasteiger partial charge in [-0.2, -0.15) is 9.78 Å². The predicted molar refractivity (Wildman–Crippen MR) is 56.0 cm³/mol. The lowest BCUT2D eigenvalue weighted by Crippen LogP contribution is -2.70. The normalized spacial score (nSPS) is 58.9. The maximum atomic E-state index is 5.96. The summed E-state index contributed by atoms with van der Waals surface area (Å²) in [5, 5.41) is 0. The molecule has 4 rings (SSSR count). The molecule has 16 heavy (non-hydrogen) atoms. The fourth-order valence-corrected chi connectivity index (χ4v) is 3.52. The van der Waals surface area contributed by atoms with Crippen LogP contribution in [0.1, 0.15) is 40.0 Å². The Kier molecular flexibility index (Phi) is 1.81. The molecule has 0 spiro atoms. The summed E-state index contributed by atoms with van der Waals surface area (Å²) in [5.41, 5.74) is -0.292. The third-order valence-corrected chi connectivity index (χ3v) is 4.42. The van der Waals surface area contributed by atoms with Crippen LogP contribution in [0.5, 0.6) is 0 Å². The van der Waals surface area contributed by atoms with Crippen molar-refractivity contribution in [3.63, 3.8) is 0 Å². The van der Waals surface area contributed by atoms with Gasteiger partial charge in [0, 0.05) is 6.42 Å². The minimum Gasteiger partial charge on any atom is -0.315 e. The number of allylic oxidation sites excluding steroid dienone is 1. The van der Waals surface area contributed by atoms with Gasteiger partial charge in [-0.1, -0.05) is 6.08 Å². The van der Waals surface area contributed by atoms with Crippen molar-refractivity contribution in [2.45, 2.75) is 57.4 Å². The standard InChI is InChI=1S/C12H18O4/c1-5-6-12-8-7-9(2)13-10(12,3)15-16-11(12,4)14-9/h5H,1,6-8H2,2-4H3/t9?,10-,11+,12?. The van der Waals surface area contributed by atoms with E-state index in [4.69, 9.17) is 19.2 Å². The van der Waals surface area contributed by atoms with Gasteiger partial charge in [-0.25, -0.2) is 0 Å². The summed E-state index contributed by atoms with van der Waals surface area (Å²) >= 11 is 0. The fourth-order valence-electron chi connectivity index (χ4n) is 3.52. The lowest BCUT2D eigenvalue weighted by Gasteiger charge is -2.60. The highest BCUT2D eigenvalue weighted by Gasteiger charge is 2.78. The van der Waals surface area contributed by atoms with Crippen molar-refractivity contribution in [1.82, 2.24) is 0 Å². The summed E-state index contributed by atoms with van der Waals surface area (Å²) in [4.78, 5) is 10.9. The van der Waals surface area contributed by atoms with Crippen LogP contribution in [-0.2, 0) is 19.2 Å². The summed E-state index contributed by atoms with van der Waals surface area (Å²) in [5.74, 6) is -2.06. The molecule has 4 atom stereocenters. The second-order valence-electron chi connectivity index (χ2n) is 5.47. The van der Waals surface area contributed by atoms with E-state index in [2.05, 4.69) is 6.58 Å². The van der Waals surface area contributed by atoms with Gasteiger partial charge in [-0.15, -0.1) is 6.58 Å². The molecule has 4 saturated heterocycles. The molecular formula is C12H18O4. The lowest BCUT2D eigenvalue weighted by molar-refractivity contribution is -0.453. The second-order valence-corrected chi connectivity index (χ2v) is 5.47. The molecule has 0 aromatic rings. The van der Waals surface area contributed by atoms with Gasteiger partial charge in [0.25, 0.3) is 0 Å². The van der Waals surface area contributed by atoms with Crippen molar-refractivity contribution in [2.24, 2.45) is 5.41 Å². The van der Waals surface area contributed by atoms with E-state index < -0.39 is 17.4 Å². The van der Waals surface area contributed by atoms with Crippen molar-refractivity contribution in [3.05, 3.63) is 12.7 Å². The molecule has 4 aliphatic rings. The molecular weight excluding hydrogens is 208 g/mol. The SMILES string of the molecule is C=CCC12CCC3(C)O[C@]1(C)OO[C@]2(C)O3. The minimum absolute atomic E-state index is 0.292. The van der Waals surface area contributed by atoms with Gasteiger partial charge in [-0.3, -0.25) is 0 Å². The van der Waals surface area contributed by atoms with Gasteiger partial charge >= 0.3 is 0 Å².